The molecule has 9 heteroatoms. The van der Waals surface area contributed by atoms with Crippen LogP contribution in [0.3, 0.4) is 0 Å². The molecule has 0 spiro atoms. The first-order valence-corrected chi connectivity index (χ1v) is 8.93. The first-order chi connectivity index (χ1) is 12.8. The van der Waals surface area contributed by atoms with Gasteiger partial charge in [0, 0.05) is 19.6 Å². The fourth-order valence-corrected chi connectivity index (χ4v) is 2.29. The normalized spacial score (nSPS) is 10.8. The van der Waals surface area contributed by atoms with Crippen LogP contribution in [0.5, 0.6) is 11.5 Å². The van der Waals surface area contributed by atoms with Crippen molar-refractivity contribution in [1.29, 1.82) is 0 Å². The molecule has 1 aromatic heterocycles. The Bertz CT molecular complexity index is 634. The smallest absolute Gasteiger partial charge is 0.191 e. The monoisotopic (exact) mass is 488 g/mol. The van der Waals surface area contributed by atoms with Crippen molar-refractivity contribution >= 4 is 29.9 Å². The summed E-state index contributed by atoms with van der Waals surface area (Å²) in [5.74, 6) is 2.46. The van der Waals surface area contributed by atoms with Crippen molar-refractivity contribution in [2.75, 3.05) is 33.4 Å². The summed E-state index contributed by atoms with van der Waals surface area (Å²) in [4.78, 5) is 4.58. The maximum atomic E-state index is 5.70. The van der Waals surface area contributed by atoms with Gasteiger partial charge in [0.25, 0.3) is 0 Å². The number of ether oxygens (including phenoxy) is 2. The zero-order valence-corrected chi connectivity index (χ0v) is 18.3. The first-order valence-electron chi connectivity index (χ1n) is 8.93. The number of aryl methyl sites for hydroxylation is 1. The topological polar surface area (TPSA) is 85.6 Å². The summed E-state index contributed by atoms with van der Waals surface area (Å²) in [5.41, 5.74) is 0. The molecule has 0 aliphatic carbocycles. The van der Waals surface area contributed by atoms with Crippen molar-refractivity contribution in [3.8, 4) is 11.5 Å². The number of nitrogens with one attached hydrogen (secondary N) is 2. The van der Waals surface area contributed by atoms with E-state index in [1.54, 1.807) is 19.8 Å². The first kappa shape index (κ1) is 23.0. The number of methoxy groups -OCH3 is 1. The molecule has 0 saturated carbocycles. The van der Waals surface area contributed by atoms with Crippen LogP contribution in [0.4, 0.5) is 0 Å². The molecule has 0 bridgehead atoms. The predicted octanol–water partition coefficient (Wildman–Crippen LogP) is 2.32. The van der Waals surface area contributed by atoms with Gasteiger partial charge in [0.15, 0.2) is 5.96 Å². The number of unbranched alkanes of at least 4 members (excludes halogenated alkanes) is 1. The van der Waals surface area contributed by atoms with E-state index >= 15 is 0 Å². The lowest BCUT2D eigenvalue weighted by molar-refractivity contribution is 0.321. The molecule has 1 aromatic carbocycles. The van der Waals surface area contributed by atoms with Gasteiger partial charge < -0.3 is 24.7 Å². The third-order valence-electron chi connectivity index (χ3n) is 3.63. The van der Waals surface area contributed by atoms with Gasteiger partial charge in [0.1, 0.15) is 30.8 Å². The summed E-state index contributed by atoms with van der Waals surface area (Å²) in [6.07, 6.45) is 5.52. The largest absolute Gasteiger partial charge is 0.497 e. The second kappa shape index (κ2) is 14.1. The van der Waals surface area contributed by atoms with E-state index in [4.69, 9.17) is 9.47 Å². The van der Waals surface area contributed by atoms with Crippen LogP contribution >= 0.6 is 24.0 Å². The van der Waals surface area contributed by atoms with Gasteiger partial charge in [0.2, 0.25) is 0 Å². The number of aromatic nitrogens is 3. The van der Waals surface area contributed by atoms with Crippen molar-refractivity contribution in [1.82, 2.24) is 25.4 Å². The summed E-state index contributed by atoms with van der Waals surface area (Å²) in [5, 5.41) is 14.1. The van der Waals surface area contributed by atoms with Gasteiger partial charge in [-0.05, 0) is 44.0 Å². The van der Waals surface area contributed by atoms with Gasteiger partial charge in [-0.2, -0.15) is 0 Å². The maximum absolute atomic E-state index is 5.70. The lowest BCUT2D eigenvalue weighted by Crippen LogP contribution is -2.39. The number of guanidine groups is 1. The molecule has 27 heavy (non-hydrogen) atoms. The van der Waals surface area contributed by atoms with Gasteiger partial charge in [-0.15, -0.1) is 34.2 Å². The van der Waals surface area contributed by atoms with E-state index in [0.29, 0.717) is 13.2 Å². The number of rotatable bonds is 11. The molecule has 2 aromatic rings. The highest BCUT2D eigenvalue weighted by molar-refractivity contribution is 14.0. The molecule has 0 aliphatic heterocycles. The van der Waals surface area contributed by atoms with E-state index in [2.05, 4.69) is 32.7 Å². The molecular formula is C18H29IN6O2. The molecule has 0 saturated heterocycles. The molecule has 0 fully saturated rings. The lowest BCUT2D eigenvalue weighted by Gasteiger charge is -2.12. The van der Waals surface area contributed by atoms with E-state index in [0.717, 1.165) is 49.9 Å². The summed E-state index contributed by atoms with van der Waals surface area (Å²) in [6, 6.07) is 7.56. The Morgan fingerprint density at radius 2 is 1.78 bits per heavy atom. The third kappa shape index (κ3) is 9.45. The summed E-state index contributed by atoms with van der Waals surface area (Å²) in [6.45, 7) is 5.81. The van der Waals surface area contributed by atoms with E-state index in [1.807, 2.05) is 28.8 Å². The minimum absolute atomic E-state index is 0. The van der Waals surface area contributed by atoms with Crippen molar-refractivity contribution in [3.63, 3.8) is 0 Å². The molecule has 0 amide bonds. The zero-order valence-electron chi connectivity index (χ0n) is 15.9. The molecule has 0 radical (unpaired) electrons. The van der Waals surface area contributed by atoms with Gasteiger partial charge in [0.05, 0.1) is 13.7 Å². The molecule has 2 N–H and O–H groups in total. The fraction of sp³-hybridized carbons (Fsp3) is 0.500. The van der Waals surface area contributed by atoms with Crippen LogP contribution in [0.25, 0.3) is 0 Å². The molecule has 8 nitrogen and oxygen atoms in total. The van der Waals surface area contributed by atoms with Crippen LogP contribution in [0.1, 0.15) is 19.8 Å². The molecule has 150 valence electrons. The number of nitrogens with zero attached hydrogens (tertiary/aromatic N) is 4. The molecule has 2 rings (SSSR count). The quantitative estimate of drug-likeness (QED) is 0.219. The molecule has 0 aliphatic rings. The van der Waals surface area contributed by atoms with Crippen LogP contribution in [-0.2, 0) is 6.54 Å². The predicted molar refractivity (Wildman–Crippen MR) is 117 cm³/mol. The Kier molecular flexibility index (Phi) is 12.0. The number of benzene rings is 1. The Balaban J connectivity index is 0.00000364. The average molecular weight is 488 g/mol. The average Bonchev–Trinajstić information content (AvgIpc) is 3.18. The van der Waals surface area contributed by atoms with Gasteiger partial charge in [-0.1, -0.05) is 0 Å². The summed E-state index contributed by atoms with van der Waals surface area (Å²) < 4.78 is 12.8. The second-order valence-electron chi connectivity index (χ2n) is 5.62. The van der Waals surface area contributed by atoms with Crippen LogP contribution in [0.2, 0.25) is 0 Å². The molecular weight excluding hydrogens is 459 g/mol. The maximum Gasteiger partial charge on any atom is 0.191 e. The lowest BCUT2D eigenvalue weighted by atomic mass is 10.3. The zero-order chi connectivity index (χ0) is 18.5. The summed E-state index contributed by atoms with van der Waals surface area (Å²) in [7, 11) is 1.65. The Morgan fingerprint density at radius 3 is 2.44 bits per heavy atom. The molecule has 0 atom stereocenters. The highest BCUT2D eigenvalue weighted by Gasteiger charge is 1.99. The standard InChI is InChI=1S/C18H28N6O2.HI/c1-3-19-18(20-10-4-5-12-24-14-22-23-15-24)21-11-13-26-17-8-6-16(25-2)7-9-17;/h6-9,14-15H,3-5,10-13H2,1-2H3,(H2,19,20,21);1H. The van der Waals surface area contributed by atoms with Crippen LogP contribution in [0, 0.1) is 0 Å². The molecule has 1 heterocycles. The minimum Gasteiger partial charge on any atom is -0.497 e. The SMILES string of the molecule is CCNC(=NCCCCn1cnnc1)NCCOc1ccc(OC)cc1.I. The highest BCUT2D eigenvalue weighted by atomic mass is 127. The van der Waals surface area contributed by atoms with Gasteiger partial charge >= 0.3 is 0 Å². The fourth-order valence-electron chi connectivity index (χ4n) is 2.29. The van der Waals surface area contributed by atoms with Crippen molar-refractivity contribution in [2.45, 2.75) is 26.3 Å². The highest BCUT2D eigenvalue weighted by Crippen LogP contribution is 2.16. The second-order valence-corrected chi connectivity index (χ2v) is 5.62. The number of aliphatic imine (C=N–C) groups is 1. The van der Waals surface area contributed by atoms with Gasteiger partial charge in [-0.3, -0.25) is 4.99 Å². The number of hydrogen-bond donors (Lipinski definition) is 2. The Morgan fingerprint density at radius 1 is 1.07 bits per heavy atom. The Hall–Kier alpha value is -2.04. The van der Waals surface area contributed by atoms with Crippen LogP contribution in [0.15, 0.2) is 41.9 Å². The van der Waals surface area contributed by atoms with Crippen LogP contribution < -0.4 is 20.1 Å². The number of hydrogen-bond acceptors (Lipinski definition) is 5. The van der Waals surface area contributed by atoms with E-state index in [9.17, 15) is 0 Å². The number of halogens is 1. The minimum atomic E-state index is 0. The van der Waals surface area contributed by atoms with Crippen molar-refractivity contribution in [3.05, 3.63) is 36.9 Å². The van der Waals surface area contributed by atoms with Gasteiger partial charge in [-0.25, -0.2) is 0 Å². The molecule has 0 unspecified atom stereocenters. The van der Waals surface area contributed by atoms with E-state index < -0.39 is 0 Å². The van der Waals surface area contributed by atoms with Crippen molar-refractivity contribution < 1.29 is 9.47 Å². The van der Waals surface area contributed by atoms with Crippen molar-refractivity contribution in [2.24, 2.45) is 4.99 Å². The summed E-state index contributed by atoms with van der Waals surface area (Å²) >= 11 is 0. The van der Waals surface area contributed by atoms with Crippen LogP contribution in [-0.4, -0.2) is 54.1 Å². The van der Waals surface area contributed by atoms with E-state index in [1.165, 1.54) is 0 Å². The third-order valence-corrected chi connectivity index (χ3v) is 3.63. The Labute approximate surface area is 177 Å². The van der Waals surface area contributed by atoms with E-state index in [-0.39, 0.29) is 24.0 Å².